The molecule has 1 aliphatic rings. The van der Waals surface area contributed by atoms with Crippen LogP contribution in [0.3, 0.4) is 0 Å². The maximum Gasteiger partial charge on any atom is 0.130 e. The first-order valence-electron chi connectivity index (χ1n) is 8.84. The molecule has 0 spiro atoms. The summed E-state index contributed by atoms with van der Waals surface area (Å²) in [6.07, 6.45) is 7.87. The summed E-state index contributed by atoms with van der Waals surface area (Å²) < 4.78 is 14.4. The van der Waals surface area contributed by atoms with E-state index in [4.69, 9.17) is 0 Å². The quantitative estimate of drug-likeness (QED) is 0.752. The molecule has 1 saturated heterocycles. The second-order valence-corrected chi connectivity index (χ2v) is 6.33. The lowest BCUT2D eigenvalue weighted by Gasteiger charge is -2.25. The first kappa shape index (κ1) is 16.7. The van der Waals surface area contributed by atoms with Gasteiger partial charge in [0.25, 0.3) is 0 Å². The number of nitrogens with zero attached hydrogens (tertiary/aromatic N) is 4. The highest BCUT2D eigenvalue weighted by molar-refractivity contribution is 5.75. The van der Waals surface area contributed by atoms with Crippen molar-refractivity contribution in [2.45, 2.75) is 13.0 Å². The Bertz CT molecular complexity index is 892. The molecule has 0 aliphatic carbocycles. The van der Waals surface area contributed by atoms with E-state index in [0.29, 0.717) is 23.1 Å². The van der Waals surface area contributed by atoms with Crippen molar-refractivity contribution in [1.82, 2.24) is 20.3 Å². The first-order chi connectivity index (χ1) is 12.8. The second kappa shape index (κ2) is 7.61. The van der Waals surface area contributed by atoms with Crippen molar-refractivity contribution in [2.75, 3.05) is 36.4 Å². The van der Waals surface area contributed by atoms with Crippen molar-refractivity contribution in [3.63, 3.8) is 0 Å². The van der Waals surface area contributed by atoms with Crippen LogP contribution in [-0.2, 0) is 6.54 Å². The van der Waals surface area contributed by atoms with Crippen LogP contribution in [0.15, 0.2) is 43.0 Å². The Hall–Kier alpha value is -2.80. The molecule has 7 heteroatoms. The van der Waals surface area contributed by atoms with Gasteiger partial charge in [0.1, 0.15) is 5.82 Å². The summed E-state index contributed by atoms with van der Waals surface area (Å²) in [7, 11) is 0. The summed E-state index contributed by atoms with van der Waals surface area (Å²) in [4.78, 5) is 15.0. The number of nitrogens with one attached hydrogen (secondary N) is 2. The van der Waals surface area contributed by atoms with Crippen molar-refractivity contribution in [3.8, 4) is 0 Å². The molecule has 0 radical (unpaired) electrons. The van der Waals surface area contributed by atoms with Crippen LogP contribution in [0.1, 0.15) is 12.0 Å². The van der Waals surface area contributed by atoms with Crippen molar-refractivity contribution < 1.29 is 4.39 Å². The lowest BCUT2D eigenvalue weighted by atomic mass is 10.1. The molecule has 1 fully saturated rings. The van der Waals surface area contributed by atoms with Crippen LogP contribution in [0.25, 0.3) is 11.0 Å². The monoisotopic (exact) mass is 352 g/mol. The molecular weight excluding hydrogens is 331 g/mol. The lowest BCUT2D eigenvalue weighted by Crippen LogP contribution is -2.28. The van der Waals surface area contributed by atoms with Gasteiger partial charge < -0.3 is 15.5 Å². The van der Waals surface area contributed by atoms with Crippen LogP contribution in [0.4, 0.5) is 15.8 Å². The number of aromatic nitrogens is 3. The molecule has 1 aromatic carbocycles. The maximum atomic E-state index is 14.4. The third-order valence-corrected chi connectivity index (χ3v) is 4.59. The van der Waals surface area contributed by atoms with Gasteiger partial charge in [-0.25, -0.2) is 4.39 Å². The van der Waals surface area contributed by atoms with Gasteiger partial charge in [0.05, 0.1) is 28.6 Å². The zero-order chi connectivity index (χ0) is 17.8. The molecule has 3 heterocycles. The topological polar surface area (TPSA) is 66.0 Å². The smallest absolute Gasteiger partial charge is 0.130 e. The molecule has 0 atom stereocenters. The SMILES string of the molecule is Fc1cc2nccnc2cc1CNc1cnccc1N1CCCNCC1. The van der Waals surface area contributed by atoms with Crippen molar-refractivity contribution in [1.29, 1.82) is 0 Å². The molecule has 0 unspecified atom stereocenters. The van der Waals surface area contributed by atoms with Crippen LogP contribution < -0.4 is 15.5 Å². The predicted octanol–water partition coefficient (Wildman–Crippen LogP) is 2.58. The fraction of sp³-hybridized carbons (Fsp3) is 0.316. The van der Waals surface area contributed by atoms with Gasteiger partial charge in [0.2, 0.25) is 0 Å². The minimum Gasteiger partial charge on any atom is -0.378 e. The van der Waals surface area contributed by atoms with Gasteiger partial charge in [-0.1, -0.05) is 0 Å². The molecule has 2 aromatic heterocycles. The van der Waals surface area contributed by atoms with E-state index in [1.54, 1.807) is 30.9 Å². The van der Waals surface area contributed by atoms with Gasteiger partial charge >= 0.3 is 0 Å². The number of anilines is 2. The van der Waals surface area contributed by atoms with Gasteiger partial charge in [-0.05, 0) is 25.1 Å². The number of fused-ring (bicyclic) bond motifs is 1. The minimum atomic E-state index is -0.282. The Labute approximate surface area is 151 Å². The van der Waals surface area contributed by atoms with E-state index in [1.165, 1.54) is 6.07 Å². The molecule has 3 aromatic rings. The van der Waals surface area contributed by atoms with Gasteiger partial charge in [-0.3, -0.25) is 15.0 Å². The Balaban J connectivity index is 1.56. The van der Waals surface area contributed by atoms with Crippen molar-refractivity contribution in [2.24, 2.45) is 0 Å². The highest BCUT2D eigenvalue weighted by Crippen LogP contribution is 2.26. The maximum absolute atomic E-state index is 14.4. The molecule has 0 bridgehead atoms. The van der Waals surface area contributed by atoms with E-state index >= 15 is 0 Å². The summed E-state index contributed by atoms with van der Waals surface area (Å²) in [5, 5.41) is 6.75. The van der Waals surface area contributed by atoms with Crippen LogP contribution in [-0.4, -0.2) is 41.1 Å². The average molecular weight is 352 g/mol. The molecule has 1 aliphatic heterocycles. The molecule has 134 valence electrons. The van der Waals surface area contributed by atoms with E-state index in [9.17, 15) is 4.39 Å². The Morgan fingerprint density at radius 2 is 1.92 bits per heavy atom. The fourth-order valence-electron chi connectivity index (χ4n) is 3.24. The van der Waals surface area contributed by atoms with Crippen molar-refractivity contribution in [3.05, 3.63) is 54.4 Å². The van der Waals surface area contributed by atoms with E-state index in [-0.39, 0.29) is 5.82 Å². The molecule has 26 heavy (non-hydrogen) atoms. The average Bonchev–Trinajstić information content (AvgIpc) is 2.96. The summed E-state index contributed by atoms with van der Waals surface area (Å²) in [6.45, 7) is 4.29. The molecule has 0 amide bonds. The Kier molecular flexibility index (Phi) is 4.88. The summed E-state index contributed by atoms with van der Waals surface area (Å²) >= 11 is 0. The summed E-state index contributed by atoms with van der Waals surface area (Å²) in [6, 6.07) is 5.19. The molecule has 0 saturated carbocycles. The minimum absolute atomic E-state index is 0.282. The third-order valence-electron chi connectivity index (χ3n) is 4.59. The Morgan fingerprint density at radius 1 is 1.08 bits per heavy atom. The van der Waals surface area contributed by atoms with Gasteiger partial charge in [0, 0.05) is 56.4 Å². The highest BCUT2D eigenvalue weighted by atomic mass is 19.1. The standard InChI is InChI=1S/C19H21FN6/c20-15-11-17-16(23-5-6-24-17)10-14(15)12-25-18-13-22-4-2-19(18)26-8-1-3-21-7-9-26/h2,4-6,10-11,13,21,25H,1,3,7-9,12H2. The van der Waals surface area contributed by atoms with Crippen LogP contribution in [0.5, 0.6) is 0 Å². The van der Waals surface area contributed by atoms with Crippen LogP contribution >= 0.6 is 0 Å². The fourth-order valence-corrected chi connectivity index (χ4v) is 3.24. The highest BCUT2D eigenvalue weighted by Gasteiger charge is 2.14. The molecule has 2 N–H and O–H groups in total. The van der Waals surface area contributed by atoms with Gasteiger partial charge in [-0.15, -0.1) is 0 Å². The number of halogens is 1. The largest absolute Gasteiger partial charge is 0.378 e. The summed E-state index contributed by atoms with van der Waals surface area (Å²) in [5.41, 5.74) is 3.83. The third kappa shape index (κ3) is 3.57. The van der Waals surface area contributed by atoms with Gasteiger partial charge in [-0.2, -0.15) is 0 Å². The van der Waals surface area contributed by atoms with Crippen molar-refractivity contribution >= 4 is 22.4 Å². The summed E-state index contributed by atoms with van der Waals surface area (Å²) in [5.74, 6) is -0.282. The number of benzene rings is 1. The molecule has 6 nitrogen and oxygen atoms in total. The number of rotatable bonds is 4. The normalized spacial score (nSPS) is 15.0. The van der Waals surface area contributed by atoms with E-state index in [2.05, 4.69) is 30.5 Å². The van der Waals surface area contributed by atoms with E-state index in [0.717, 1.165) is 44.0 Å². The van der Waals surface area contributed by atoms with Crippen LogP contribution in [0.2, 0.25) is 0 Å². The molecular formula is C19H21FN6. The van der Waals surface area contributed by atoms with E-state index < -0.39 is 0 Å². The number of hydrogen-bond acceptors (Lipinski definition) is 6. The number of hydrogen-bond donors (Lipinski definition) is 2. The zero-order valence-electron chi connectivity index (χ0n) is 14.5. The lowest BCUT2D eigenvalue weighted by molar-refractivity contribution is 0.614. The zero-order valence-corrected chi connectivity index (χ0v) is 14.5. The number of pyridine rings is 1. The second-order valence-electron chi connectivity index (χ2n) is 6.33. The Morgan fingerprint density at radius 3 is 2.81 bits per heavy atom. The predicted molar refractivity (Wildman–Crippen MR) is 101 cm³/mol. The van der Waals surface area contributed by atoms with Gasteiger partial charge in [0.15, 0.2) is 0 Å². The first-order valence-corrected chi connectivity index (χ1v) is 8.84. The van der Waals surface area contributed by atoms with Crippen LogP contribution in [0, 0.1) is 5.82 Å². The van der Waals surface area contributed by atoms with E-state index in [1.807, 2.05) is 6.07 Å². The molecule has 4 rings (SSSR count).